The van der Waals surface area contributed by atoms with Crippen molar-refractivity contribution in [1.29, 1.82) is 0 Å². The lowest BCUT2D eigenvalue weighted by Gasteiger charge is -2.34. The van der Waals surface area contributed by atoms with Gasteiger partial charge in [-0.15, -0.1) is 0 Å². The van der Waals surface area contributed by atoms with E-state index in [0.29, 0.717) is 23.3 Å². The predicted molar refractivity (Wildman–Crippen MR) is 83.9 cm³/mol. The maximum absolute atomic E-state index is 12.3. The lowest BCUT2D eigenvalue weighted by Crippen LogP contribution is -2.28. The first-order valence-electron chi connectivity index (χ1n) is 7.88. The molecule has 0 unspecified atom stereocenters. The molecule has 0 saturated heterocycles. The molecule has 0 heterocycles. The number of hydrogen-bond acceptors (Lipinski definition) is 3. The molecule has 1 saturated carbocycles. The molecule has 3 heteroatoms. The number of carbonyl (C=O) groups is 1. The van der Waals surface area contributed by atoms with Gasteiger partial charge >= 0.3 is 0 Å². The first-order valence-corrected chi connectivity index (χ1v) is 7.88. The molecular formula is C18H26O3. The van der Waals surface area contributed by atoms with Crippen LogP contribution in [-0.2, 0) is 4.74 Å². The molecule has 2 rings (SSSR count). The molecule has 0 aliphatic heterocycles. The number of carbonyl (C=O) groups excluding carboxylic acids is 1. The van der Waals surface area contributed by atoms with Crippen molar-refractivity contribution in [3.8, 4) is 5.75 Å². The van der Waals surface area contributed by atoms with E-state index < -0.39 is 0 Å². The summed E-state index contributed by atoms with van der Waals surface area (Å²) in [5.74, 6) is 0.655. The highest BCUT2D eigenvalue weighted by Crippen LogP contribution is 2.36. The minimum Gasteiger partial charge on any atom is -0.493 e. The van der Waals surface area contributed by atoms with E-state index in [0.717, 1.165) is 12.8 Å². The van der Waals surface area contributed by atoms with E-state index in [2.05, 4.69) is 13.8 Å². The standard InChI is InChI=1S/C18H26O3/c1-4-20-17-8-6-5-7-15(17)16(19)13-21-14-9-11-18(2,3)12-10-14/h5-8,14H,4,9-13H2,1-3H3. The molecule has 1 aromatic carbocycles. The molecule has 0 bridgehead atoms. The van der Waals surface area contributed by atoms with E-state index >= 15 is 0 Å². The van der Waals surface area contributed by atoms with Gasteiger partial charge in [0.15, 0.2) is 5.78 Å². The normalized spacial score (nSPS) is 18.4. The number of benzene rings is 1. The van der Waals surface area contributed by atoms with Gasteiger partial charge in [0.2, 0.25) is 0 Å². The van der Waals surface area contributed by atoms with Crippen LogP contribution in [0.2, 0.25) is 0 Å². The molecule has 116 valence electrons. The first kappa shape index (κ1) is 16.0. The Bertz CT molecular complexity index is 469. The van der Waals surface area contributed by atoms with Crippen LogP contribution in [-0.4, -0.2) is 25.1 Å². The van der Waals surface area contributed by atoms with Crippen LogP contribution >= 0.6 is 0 Å². The summed E-state index contributed by atoms with van der Waals surface area (Å²) in [4.78, 5) is 12.3. The fourth-order valence-electron chi connectivity index (χ4n) is 2.79. The van der Waals surface area contributed by atoms with Crippen molar-refractivity contribution in [3.05, 3.63) is 29.8 Å². The minimum absolute atomic E-state index is 0.00360. The van der Waals surface area contributed by atoms with Crippen LogP contribution < -0.4 is 4.74 Å². The Morgan fingerprint density at radius 3 is 2.57 bits per heavy atom. The molecule has 1 aliphatic carbocycles. The molecule has 0 radical (unpaired) electrons. The average Bonchev–Trinajstić information content (AvgIpc) is 2.47. The fourth-order valence-corrected chi connectivity index (χ4v) is 2.79. The summed E-state index contributed by atoms with van der Waals surface area (Å²) >= 11 is 0. The van der Waals surface area contributed by atoms with Crippen molar-refractivity contribution in [3.63, 3.8) is 0 Å². The molecule has 1 fully saturated rings. The molecular weight excluding hydrogens is 264 g/mol. The molecule has 1 aromatic rings. The van der Waals surface area contributed by atoms with Crippen LogP contribution in [0.4, 0.5) is 0 Å². The second-order valence-corrected chi connectivity index (χ2v) is 6.53. The zero-order valence-corrected chi connectivity index (χ0v) is 13.4. The van der Waals surface area contributed by atoms with E-state index in [4.69, 9.17) is 9.47 Å². The molecule has 0 amide bonds. The van der Waals surface area contributed by atoms with Gasteiger partial charge in [-0.25, -0.2) is 0 Å². The number of ketones is 1. The highest BCUT2D eigenvalue weighted by atomic mass is 16.5. The molecule has 0 N–H and O–H groups in total. The third-order valence-electron chi connectivity index (χ3n) is 4.22. The topological polar surface area (TPSA) is 35.5 Å². The first-order chi connectivity index (χ1) is 10.0. The Morgan fingerprint density at radius 2 is 1.90 bits per heavy atom. The van der Waals surface area contributed by atoms with E-state index in [-0.39, 0.29) is 18.5 Å². The van der Waals surface area contributed by atoms with E-state index in [1.165, 1.54) is 12.8 Å². The maximum Gasteiger partial charge on any atom is 0.192 e. The molecule has 1 aliphatic rings. The Hall–Kier alpha value is -1.35. The Labute approximate surface area is 127 Å². The monoisotopic (exact) mass is 290 g/mol. The zero-order chi connectivity index (χ0) is 15.3. The Morgan fingerprint density at radius 1 is 1.24 bits per heavy atom. The van der Waals surface area contributed by atoms with Gasteiger partial charge in [0.05, 0.1) is 18.3 Å². The summed E-state index contributed by atoms with van der Waals surface area (Å²) in [7, 11) is 0. The van der Waals surface area contributed by atoms with Crippen LogP contribution in [0.3, 0.4) is 0 Å². The maximum atomic E-state index is 12.3. The van der Waals surface area contributed by atoms with E-state index in [9.17, 15) is 4.79 Å². The van der Waals surface area contributed by atoms with Gasteiger partial charge in [-0.2, -0.15) is 0 Å². The number of Topliss-reactive ketones (excluding diaryl/α,β-unsaturated/α-hetero) is 1. The van der Waals surface area contributed by atoms with Crippen LogP contribution in [0.25, 0.3) is 0 Å². The van der Waals surface area contributed by atoms with Gasteiger partial charge in [0.1, 0.15) is 12.4 Å². The number of rotatable bonds is 6. The second kappa shape index (κ2) is 7.08. The van der Waals surface area contributed by atoms with Crippen LogP contribution in [0.1, 0.15) is 56.8 Å². The smallest absolute Gasteiger partial charge is 0.192 e. The van der Waals surface area contributed by atoms with E-state index in [1.807, 2.05) is 25.1 Å². The molecule has 0 aromatic heterocycles. The highest BCUT2D eigenvalue weighted by Gasteiger charge is 2.27. The predicted octanol–water partition coefficient (Wildman–Crippen LogP) is 4.25. The summed E-state index contributed by atoms with van der Waals surface area (Å²) in [6.45, 7) is 7.22. The van der Waals surface area contributed by atoms with Crippen molar-refractivity contribution in [1.82, 2.24) is 0 Å². The highest BCUT2D eigenvalue weighted by molar-refractivity contribution is 5.99. The third kappa shape index (κ3) is 4.57. The van der Waals surface area contributed by atoms with E-state index in [1.54, 1.807) is 6.07 Å². The summed E-state index contributed by atoms with van der Waals surface area (Å²) in [6, 6.07) is 7.38. The largest absolute Gasteiger partial charge is 0.493 e. The van der Waals surface area contributed by atoms with Gasteiger partial charge in [0.25, 0.3) is 0 Å². The van der Waals surface area contributed by atoms with Crippen molar-refractivity contribution in [2.45, 2.75) is 52.6 Å². The summed E-state index contributed by atoms with van der Waals surface area (Å²) in [6.07, 6.45) is 4.66. The van der Waals surface area contributed by atoms with Crippen molar-refractivity contribution in [2.75, 3.05) is 13.2 Å². The zero-order valence-electron chi connectivity index (χ0n) is 13.4. The lowest BCUT2D eigenvalue weighted by molar-refractivity contribution is 0.00852. The summed E-state index contributed by atoms with van der Waals surface area (Å²) in [5, 5.41) is 0. The molecule has 3 nitrogen and oxygen atoms in total. The fraction of sp³-hybridized carbons (Fsp3) is 0.611. The van der Waals surface area contributed by atoms with Gasteiger partial charge in [0, 0.05) is 0 Å². The average molecular weight is 290 g/mol. The quantitative estimate of drug-likeness (QED) is 0.735. The van der Waals surface area contributed by atoms with Crippen LogP contribution in [0, 0.1) is 5.41 Å². The Balaban J connectivity index is 1.88. The third-order valence-corrected chi connectivity index (χ3v) is 4.22. The Kier molecular flexibility index (Phi) is 5.40. The minimum atomic E-state index is 0.00360. The second-order valence-electron chi connectivity index (χ2n) is 6.53. The van der Waals surface area contributed by atoms with Gasteiger partial charge < -0.3 is 9.47 Å². The summed E-state index contributed by atoms with van der Waals surface area (Å²) < 4.78 is 11.3. The van der Waals surface area contributed by atoms with Crippen LogP contribution in [0.15, 0.2) is 24.3 Å². The van der Waals surface area contributed by atoms with Gasteiger partial charge in [-0.05, 0) is 50.2 Å². The number of ether oxygens (including phenoxy) is 2. The number of hydrogen-bond donors (Lipinski definition) is 0. The van der Waals surface area contributed by atoms with Gasteiger partial charge in [-0.1, -0.05) is 26.0 Å². The molecule has 0 spiro atoms. The van der Waals surface area contributed by atoms with Crippen molar-refractivity contribution in [2.24, 2.45) is 5.41 Å². The van der Waals surface area contributed by atoms with Crippen molar-refractivity contribution >= 4 is 5.78 Å². The van der Waals surface area contributed by atoms with Gasteiger partial charge in [-0.3, -0.25) is 4.79 Å². The molecule has 21 heavy (non-hydrogen) atoms. The summed E-state index contributed by atoms with van der Waals surface area (Å²) in [5.41, 5.74) is 1.04. The molecule has 0 atom stereocenters. The van der Waals surface area contributed by atoms with Crippen molar-refractivity contribution < 1.29 is 14.3 Å². The SMILES string of the molecule is CCOc1ccccc1C(=O)COC1CCC(C)(C)CC1. The number of para-hydroxylation sites is 1. The lowest BCUT2D eigenvalue weighted by atomic mass is 9.76. The van der Waals surface area contributed by atoms with Crippen LogP contribution in [0.5, 0.6) is 5.75 Å².